The number of carboxylic acids is 1. The number of aromatic nitrogens is 1. The molecule has 2 rings (SSSR count). The van der Waals surface area contributed by atoms with Crippen molar-refractivity contribution in [3.8, 4) is 0 Å². The van der Waals surface area contributed by atoms with Gasteiger partial charge in [0.1, 0.15) is 0 Å². The normalized spacial score (nSPS) is 15.7. The lowest BCUT2D eigenvalue weighted by molar-refractivity contribution is -0.146. The van der Waals surface area contributed by atoms with Gasteiger partial charge < -0.3 is 10.0 Å². The van der Waals surface area contributed by atoms with Gasteiger partial charge in [0, 0.05) is 19.3 Å². The average Bonchev–Trinajstić information content (AvgIpc) is 2.15. The van der Waals surface area contributed by atoms with E-state index in [0.29, 0.717) is 0 Å². The van der Waals surface area contributed by atoms with Crippen LogP contribution in [-0.2, 0) is 4.79 Å². The number of halogens is 1. The Morgan fingerprint density at radius 1 is 1.50 bits per heavy atom. The molecule has 2 heterocycles. The Bertz CT molecular complexity index is 443. The number of nitrogens with zero attached hydrogens (tertiary/aromatic N) is 2. The summed E-state index contributed by atoms with van der Waals surface area (Å²) in [5, 5.41) is 8.64. The number of rotatable bonds is 2. The average molecular weight is 224 g/mol. The SMILES string of the molecule is O=C(O)C1CN(C(=O)c2ccncc2F)C1. The van der Waals surface area contributed by atoms with Crippen molar-refractivity contribution < 1.29 is 19.1 Å². The molecule has 0 spiro atoms. The molecule has 1 aromatic rings. The van der Waals surface area contributed by atoms with Crippen LogP contribution >= 0.6 is 0 Å². The van der Waals surface area contributed by atoms with E-state index in [0.717, 1.165) is 6.20 Å². The fourth-order valence-electron chi connectivity index (χ4n) is 1.52. The predicted octanol–water partition coefficient (Wildman–Crippen LogP) is 0.377. The molecule has 84 valence electrons. The summed E-state index contributed by atoms with van der Waals surface area (Å²) in [4.78, 5) is 27.0. The van der Waals surface area contributed by atoms with Gasteiger partial charge in [-0.2, -0.15) is 0 Å². The zero-order valence-corrected chi connectivity index (χ0v) is 8.26. The first-order chi connectivity index (χ1) is 7.59. The van der Waals surface area contributed by atoms with Crippen LogP contribution in [0.2, 0.25) is 0 Å². The van der Waals surface area contributed by atoms with Gasteiger partial charge in [0.2, 0.25) is 0 Å². The zero-order chi connectivity index (χ0) is 11.7. The highest BCUT2D eigenvalue weighted by Crippen LogP contribution is 2.19. The van der Waals surface area contributed by atoms with Crippen LogP contribution in [0.3, 0.4) is 0 Å². The Kier molecular flexibility index (Phi) is 2.55. The third-order valence-corrected chi connectivity index (χ3v) is 2.52. The molecule has 1 N–H and O–H groups in total. The quantitative estimate of drug-likeness (QED) is 0.788. The molecule has 16 heavy (non-hydrogen) atoms. The number of hydrogen-bond donors (Lipinski definition) is 1. The number of carbonyl (C=O) groups is 2. The topological polar surface area (TPSA) is 70.5 Å². The number of pyridine rings is 1. The molecular formula is C10H9FN2O3. The van der Waals surface area contributed by atoms with Crippen LogP contribution in [0.4, 0.5) is 4.39 Å². The Morgan fingerprint density at radius 3 is 2.75 bits per heavy atom. The highest BCUT2D eigenvalue weighted by atomic mass is 19.1. The fourth-order valence-corrected chi connectivity index (χ4v) is 1.52. The van der Waals surface area contributed by atoms with Crippen molar-refractivity contribution in [1.82, 2.24) is 9.88 Å². The third kappa shape index (κ3) is 1.73. The van der Waals surface area contributed by atoms with Crippen LogP contribution in [0.25, 0.3) is 0 Å². The maximum absolute atomic E-state index is 13.2. The number of carboxylic acid groups (broad SMARTS) is 1. The monoisotopic (exact) mass is 224 g/mol. The van der Waals surface area contributed by atoms with Crippen LogP contribution in [0, 0.1) is 11.7 Å². The highest BCUT2D eigenvalue weighted by molar-refractivity contribution is 5.95. The molecule has 0 saturated carbocycles. The van der Waals surface area contributed by atoms with Gasteiger partial charge in [0.25, 0.3) is 5.91 Å². The van der Waals surface area contributed by atoms with Gasteiger partial charge in [-0.25, -0.2) is 4.39 Å². The van der Waals surface area contributed by atoms with Crippen molar-refractivity contribution in [2.24, 2.45) is 5.92 Å². The summed E-state index contributed by atoms with van der Waals surface area (Å²) in [5.74, 6) is -2.64. The van der Waals surface area contributed by atoms with E-state index in [1.807, 2.05) is 0 Å². The van der Waals surface area contributed by atoms with Crippen molar-refractivity contribution >= 4 is 11.9 Å². The summed E-state index contributed by atoms with van der Waals surface area (Å²) >= 11 is 0. The van der Waals surface area contributed by atoms with E-state index in [9.17, 15) is 14.0 Å². The second-order valence-electron chi connectivity index (χ2n) is 3.60. The molecule has 1 amide bonds. The standard InChI is InChI=1S/C10H9FN2O3/c11-8-3-12-2-1-7(8)9(14)13-4-6(5-13)10(15)16/h1-3,6H,4-5H2,(H,15,16). The molecule has 0 aliphatic carbocycles. The number of carbonyl (C=O) groups excluding carboxylic acids is 1. The molecule has 0 aromatic carbocycles. The molecule has 0 radical (unpaired) electrons. The molecule has 6 heteroatoms. The van der Waals surface area contributed by atoms with Crippen LogP contribution < -0.4 is 0 Å². The number of aliphatic carboxylic acids is 1. The maximum atomic E-state index is 13.2. The van der Waals surface area contributed by atoms with E-state index >= 15 is 0 Å². The van der Waals surface area contributed by atoms with Crippen molar-refractivity contribution in [2.75, 3.05) is 13.1 Å². The Labute approximate surface area is 90.5 Å². The smallest absolute Gasteiger partial charge is 0.310 e. The molecule has 5 nitrogen and oxygen atoms in total. The lowest BCUT2D eigenvalue weighted by Gasteiger charge is -2.36. The van der Waals surface area contributed by atoms with Crippen molar-refractivity contribution in [3.05, 3.63) is 29.8 Å². The van der Waals surface area contributed by atoms with Crippen molar-refractivity contribution in [2.45, 2.75) is 0 Å². The zero-order valence-electron chi connectivity index (χ0n) is 8.26. The van der Waals surface area contributed by atoms with Gasteiger partial charge in [-0.15, -0.1) is 0 Å². The molecule has 0 bridgehead atoms. The number of amides is 1. The number of hydrogen-bond acceptors (Lipinski definition) is 3. The second-order valence-corrected chi connectivity index (χ2v) is 3.60. The first-order valence-corrected chi connectivity index (χ1v) is 4.71. The summed E-state index contributed by atoms with van der Waals surface area (Å²) < 4.78 is 13.2. The lowest BCUT2D eigenvalue weighted by atomic mass is 9.99. The van der Waals surface area contributed by atoms with Gasteiger partial charge in [-0.1, -0.05) is 0 Å². The predicted molar refractivity (Wildman–Crippen MR) is 51.2 cm³/mol. The molecule has 0 atom stereocenters. The summed E-state index contributed by atoms with van der Waals surface area (Å²) in [6.45, 7) is 0.270. The van der Waals surface area contributed by atoms with Crippen LogP contribution in [0.5, 0.6) is 0 Å². The maximum Gasteiger partial charge on any atom is 0.310 e. The first kappa shape index (κ1) is 10.5. The van der Waals surface area contributed by atoms with Gasteiger partial charge in [-0.05, 0) is 6.07 Å². The minimum Gasteiger partial charge on any atom is -0.481 e. The first-order valence-electron chi connectivity index (χ1n) is 4.71. The van der Waals surface area contributed by atoms with E-state index in [-0.39, 0.29) is 18.7 Å². The van der Waals surface area contributed by atoms with Gasteiger partial charge >= 0.3 is 5.97 Å². The molecule has 0 unspecified atom stereocenters. The Balaban J connectivity index is 2.06. The molecule has 1 aliphatic heterocycles. The third-order valence-electron chi connectivity index (χ3n) is 2.52. The summed E-state index contributed by atoms with van der Waals surface area (Å²) in [5.41, 5.74) is -0.0705. The largest absolute Gasteiger partial charge is 0.481 e. The van der Waals surface area contributed by atoms with E-state index in [1.54, 1.807) is 0 Å². The Morgan fingerprint density at radius 2 is 2.19 bits per heavy atom. The molecule has 1 fully saturated rings. The molecule has 1 saturated heterocycles. The summed E-state index contributed by atoms with van der Waals surface area (Å²) in [6, 6.07) is 1.28. The van der Waals surface area contributed by atoms with Crippen molar-refractivity contribution in [1.29, 1.82) is 0 Å². The number of likely N-dealkylation sites (tertiary alicyclic amines) is 1. The molecule has 1 aliphatic rings. The summed E-state index contributed by atoms with van der Waals surface area (Å²) in [6.07, 6.45) is 2.28. The van der Waals surface area contributed by atoms with Gasteiger partial charge in [0.05, 0.1) is 17.7 Å². The van der Waals surface area contributed by atoms with Crippen LogP contribution in [-0.4, -0.2) is 40.0 Å². The Hall–Kier alpha value is -1.98. The highest BCUT2D eigenvalue weighted by Gasteiger charge is 2.36. The van der Waals surface area contributed by atoms with E-state index in [2.05, 4.69) is 4.98 Å². The summed E-state index contributed by atoms with van der Waals surface area (Å²) in [7, 11) is 0. The minimum atomic E-state index is -0.931. The molecular weight excluding hydrogens is 215 g/mol. The molecule has 1 aromatic heterocycles. The second kappa shape index (κ2) is 3.88. The van der Waals surface area contributed by atoms with Gasteiger partial charge in [0.15, 0.2) is 5.82 Å². The van der Waals surface area contributed by atoms with Gasteiger partial charge in [-0.3, -0.25) is 14.6 Å². The van der Waals surface area contributed by atoms with E-state index < -0.39 is 23.6 Å². The van der Waals surface area contributed by atoms with Crippen LogP contribution in [0.1, 0.15) is 10.4 Å². The van der Waals surface area contributed by atoms with E-state index in [1.165, 1.54) is 17.2 Å². The van der Waals surface area contributed by atoms with Crippen molar-refractivity contribution in [3.63, 3.8) is 0 Å². The lowest BCUT2D eigenvalue weighted by Crippen LogP contribution is -2.53. The fraction of sp³-hybridized carbons (Fsp3) is 0.300. The van der Waals surface area contributed by atoms with Crippen LogP contribution in [0.15, 0.2) is 18.5 Å². The van der Waals surface area contributed by atoms with E-state index in [4.69, 9.17) is 5.11 Å². The minimum absolute atomic E-state index is 0.0705.